The minimum Gasteiger partial charge on any atom is -0.298 e. The van der Waals surface area contributed by atoms with Crippen LogP contribution in [0.3, 0.4) is 0 Å². The minimum absolute atomic E-state index is 0.251. The zero-order valence-corrected chi connectivity index (χ0v) is 15.7. The summed E-state index contributed by atoms with van der Waals surface area (Å²) >= 11 is 1.31. The van der Waals surface area contributed by atoms with Gasteiger partial charge in [-0.3, -0.25) is 19.1 Å². The number of carbonyl (C=O) groups is 1. The Morgan fingerprint density at radius 2 is 1.86 bits per heavy atom. The highest BCUT2D eigenvalue weighted by molar-refractivity contribution is 7.21. The molecule has 0 amide bonds. The van der Waals surface area contributed by atoms with Gasteiger partial charge in [0, 0.05) is 10.4 Å². The van der Waals surface area contributed by atoms with Crippen LogP contribution < -0.4 is 11.2 Å². The summed E-state index contributed by atoms with van der Waals surface area (Å²) < 4.78 is 14.3. The van der Waals surface area contributed by atoms with Crippen molar-refractivity contribution in [3.8, 4) is 10.4 Å². The third-order valence-corrected chi connectivity index (χ3v) is 5.61. The highest BCUT2D eigenvalue weighted by Gasteiger charge is 2.16. The van der Waals surface area contributed by atoms with Crippen molar-refractivity contribution in [1.82, 2.24) is 9.55 Å². The van der Waals surface area contributed by atoms with Crippen molar-refractivity contribution in [3.05, 3.63) is 92.4 Å². The van der Waals surface area contributed by atoms with Crippen molar-refractivity contribution in [2.45, 2.75) is 13.5 Å². The van der Waals surface area contributed by atoms with Gasteiger partial charge < -0.3 is 0 Å². The molecule has 0 spiro atoms. The summed E-state index contributed by atoms with van der Waals surface area (Å²) in [6.07, 6.45) is 0. The van der Waals surface area contributed by atoms with Crippen LogP contribution in [0.2, 0.25) is 0 Å². The van der Waals surface area contributed by atoms with Crippen molar-refractivity contribution in [3.63, 3.8) is 0 Å². The van der Waals surface area contributed by atoms with Gasteiger partial charge in [-0.2, -0.15) is 0 Å². The molecule has 4 rings (SSSR count). The van der Waals surface area contributed by atoms with Crippen molar-refractivity contribution in [2.24, 2.45) is 0 Å². The molecule has 0 atom stereocenters. The summed E-state index contributed by atoms with van der Waals surface area (Å²) in [5.74, 6) is -0.853. The lowest BCUT2D eigenvalue weighted by Gasteiger charge is -2.05. The smallest absolute Gasteiger partial charge is 0.298 e. The molecule has 0 saturated heterocycles. The number of ketones is 1. The van der Waals surface area contributed by atoms with Gasteiger partial charge in [0.1, 0.15) is 10.6 Å². The Bertz CT molecular complexity index is 1320. The summed E-state index contributed by atoms with van der Waals surface area (Å²) in [5, 5.41) is 0.353. The van der Waals surface area contributed by atoms with Crippen LogP contribution in [-0.4, -0.2) is 15.3 Å². The monoisotopic (exact) mass is 394 g/mol. The fourth-order valence-electron chi connectivity index (χ4n) is 2.99. The van der Waals surface area contributed by atoms with Gasteiger partial charge in [-0.1, -0.05) is 30.3 Å². The molecule has 0 saturated carbocycles. The minimum atomic E-state index is -0.647. The number of aryl methyl sites for hydroxylation is 1. The Morgan fingerprint density at radius 3 is 2.57 bits per heavy atom. The summed E-state index contributed by atoms with van der Waals surface area (Å²) in [4.78, 5) is 41.7. The Kier molecular flexibility index (Phi) is 4.52. The van der Waals surface area contributed by atoms with E-state index in [4.69, 9.17) is 0 Å². The zero-order valence-electron chi connectivity index (χ0n) is 14.9. The number of nitrogens with one attached hydrogen (secondary N) is 1. The molecule has 4 aromatic rings. The Balaban J connectivity index is 1.75. The van der Waals surface area contributed by atoms with Gasteiger partial charge in [0.25, 0.3) is 5.56 Å². The number of thiophene rings is 1. The van der Waals surface area contributed by atoms with Crippen molar-refractivity contribution in [1.29, 1.82) is 0 Å². The van der Waals surface area contributed by atoms with E-state index in [9.17, 15) is 18.8 Å². The van der Waals surface area contributed by atoms with E-state index in [0.29, 0.717) is 15.8 Å². The number of rotatable bonds is 4. The number of carbonyl (C=O) groups excluding carboxylic acids is 1. The number of aromatic amines is 1. The lowest BCUT2D eigenvalue weighted by atomic mass is 10.1. The third-order valence-electron chi connectivity index (χ3n) is 4.51. The van der Waals surface area contributed by atoms with Crippen molar-refractivity contribution >= 4 is 27.3 Å². The first-order valence-corrected chi connectivity index (χ1v) is 9.37. The van der Waals surface area contributed by atoms with Crippen LogP contribution in [0.1, 0.15) is 15.9 Å². The molecule has 0 unspecified atom stereocenters. The molecule has 5 nitrogen and oxygen atoms in total. The number of fused-ring (bicyclic) bond motifs is 1. The van der Waals surface area contributed by atoms with Crippen LogP contribution in [0.4, 0.5) is 4.39 Å². The quantitative estimate of drug-likeness (QED) is 0.536. The summed E-state index contributed by atoms with van der Waals surface area (Å²) in [5.41, 5.74) is 0.345. The third kappa shape index (κ3) is 3.20. The fourth-order valence-corrected chi connectivity index (χ4v) is 4.03. The van der Waals surface area contributed by atoms with Crippen LogP contribution >= 0.6 is 11.3 Å². The van der Waals surface area contributed by atoms with E-state index < -0.39 is 29.4 Å². The molecule has 0 fully saturated rings. The van der Waals surface area contributed by atoms with Crippen molar-refractivity contribution in [2.75, 3.05) is 0 Å². The maximum atomic E-state index is 13.4. The van der Waals surface area contributed by atoms with E-state index in [1.165, 1.54) is 29.5 Å². The Hall–Kier alpha value is -3.32. The first kappa shape index (κ1) is 18.1. The highest BCUT2D eigenvalue weighted by Crippen LogP contribution is 2.30. The fraction of sp³-hybridized carbons (Fsp3) is 0.0952. The molecule has 0 radical (unpaired) electrons. The van der Waals surface area contributed by atoms with Crippen LogP contribution in [0.5, 0.6) is 0 Å². The number of H-pyrrole nitrogens is 1. The van der Waals surface area contributed by atoms with Gasteiger partial charge in [-0.15, -0.1) is 11.3 Å². The molecule has 1 N–H and O–H groups in total. The summed E-state index contributed by atoms with van der Waals surface area (Å²) in [7, 11) is 0. The predicted octanol–water partition coefficient (Wildman–Crippen LogP) is 3.75. The molecule has 2 aromatic heterocycles. The van der Waals surface area contributed by atoms with Gasteiger partial charge in [0.2, 0.25) is 0 Å². The first-order valence-electron chi connectivity index (χ1n) is 8.55. The number of Topliss-reactive ketones (excluding diaryl/α,β-unsaturated/α-hetero) is 1. The number of aromatic nitrogens is 2. The maximum absolute atomic E-state index is 13.4. The number of halogens is 1. The molecule has 0 aliphatic rings. The van der Waals surface area contributed by atoms with Gasteiger partial charge in [-0.25, -0.2) is 9.18 Å². The van der Waals surface area contributed by atoms with Crippen LogP contribution in [0.15, 0.2) is 64.2 Å². The van der Waals surface area contributed by atoms with E-state index in [0.717, 1.165) is 15.0 Å². The van der Waals surface area contributed by atoms with E-state index in [2.05, 4.69) is 4.98 Å². The summed E-state index contributed by atoms with van der Waals surface area (Å²) in [6.45, 7) is 1.14. The summed E-state index contributed by atoms with van der Waals surface area (Å²) in [6, 6.07) is 15.2. The average molecular weight is 394 g/mol. The topological polar surface area (TPSA) is 71.9 Å². The average Bonchev–Trinajstić information content (AvgIpc) is 3.12. The van der Waals surface area contributed by atoms with Gasteiger partial charge in [-0.05, 0) is 42.3 Å². The molecule has 0 aliphatic heterocycles. The van der Waals surface area contributed by atoms with Gasteiger partial charge in [0.05, 0.1) is 11.9 Å². The SMILES string of the molecule is Cc1cc(C(=O)Cn2c(=O)[nH]c3sc(-c4ccccc4)cc3c2=O)ccc1F. The largest absolute Gasteiger partial charge is 0.329 e. The zero-order chi connectivity index (χ0) is 19.8. The Labute approximate surface area is 162 Å². The lowest BCUT2D eigenvalue weighted by Crippen LogP contribution is -2.36. The van der Waals surface area contributed by atoms with E-state index >= 15 is 0 Å². The number of hydrogen-bond donors (Lipinski definition) is 1. The van der Waals surface area contributed by atoms with Crippen molar-refractivity contribution < 1.29 is 9.18 Å². The van der Waals surface area contributed by atoms with Crippen LogP contribution in [-0.2, 0) is 6.54 Å². The second-order valence-electron chi connectivity index (χ2n) is 6.43. The highest BCUT2D eigenvalue weighted by atomic mass is 32.1. The second kappa shape index (κ2) is 7.01. The second-order valence-corrected chi connectivity index (χ2v) is 7.48. The van der Waals surface area contributed by atoms with Gasteiger partial charge in [0.15, 0.2) is 5.78 Å². The molecular formula is C21H15FN2O3S. The molecule has 2 aromatic carbocycles. The van der Waals surface area contributed by atoms with Gasteiger partial charge >= 0.3 is 5.69 Å². The maximum Gasteiger partial charge on any atom is 0.329 e. The number of nitrogens with zero attached hydrogens (tertiary/aromatic N) is 1. The van der Waals surface area contributed by atoms with E-state index in [1.54, 1.807) is 13.0 Å². The molecule has 140 valence electrons. The van der Waals surface area contributed by atoms with E-state index in [-0.39, 0.29) is 5.56 Å². The molecule has 28 heavy (non-hydrogen) atoms. The standard InChI is InChI=1S/C21H15FN2O3S/c1-12-9-14(7-8-16(12)22)17(25)11-24-20(26)15-10-18(13-5-3-2-4-6-13)28-19(15)23-21(24)27/h2-10H,11H2,1H3,(H,23,27). The van der Waals surface area contributed by atoms with Crippen LogP contribution in [0.25, 0.3) is 20.7 Å². The first-order chi connectivity index (χ1) is 13.4. The predicted molar refractivity (Wildman–Crippen MR) is 108 cm³/mol. The number of benzene rings is 2. The number of hydrogen-bond acceptors (Lipinski definition) is 4. The molecule has 0 bridgehead atoms. The molecule has 2 heterocycles. The molecular weight excluding hydrogens is 379 g/mol. The molecule has 0 aliphatic carbocycles. The molecule has 7 heteroatoms. The van der Waals surface area contributed by atoms with Crippen LogP contribution in [0, 0.1) is 12.7 Å². The Morgan fingerprint density at radius 1 is 1.11 bits per heavy atom. The normalized spacial score (nSPS) is 11.1. The van der Waals surface area contributed by atoms with E-state index in [1.807, 2.05) is 30.3 Å². The lowest BCUT2D eigenvalue weighted by molar-refractivity contribution is 0.0969.